The number of allylic oxidation sites excluding steroid dienone is 2. The van der Waals surface area contributed by atoms with E-state index in [-0.39, 0.29) is 5.41 Å². The van der Waals surface area contributed by atoms with Crippen molar-refractivity contribution in [2.45, 2.75) is 20.8 Å². The van der Waals surface area contributed by atoms with Gasteiger partial charge in [-0.3, -0.25) is 0 Å². The summed E-state index contributed by atoms with van der Waals surface area (Å²) in [5.41, 5.74) is 0.186. The third-order valence-electron chi connectivity index (χ3n) is 2.21. The average Bonchev–Trinajstić information content (AvgIpc) is 1.92. The third-order valence-corrected chi connectivity index (χ3v) is 2.21. The molecule has 0 bridgehead atoms. The van der Waals surface area contributed by atoms with Crippen molar-refractivity contribution in [1.82, 2.24) is 4.90 Å². The second-order valence-electron chi connectivity index (χ2n) is 4.37. The molecule has 0 aromatic rings. The second-order valence-corrected chi connectivity index (χ2v) is 4.37. The van der Waals surface area contributed by atoms with Gasteiger partial charge in [-0.25, -0.2) is 0 Å². The van der Waals surface area contributed by atoms with Crippen molar-refractivity contribution in [3.63, 3.8) is 0 Å². The molecule has 1 atom stereocenters. The van der Waals surface area contributed by atoms with Crippen molar-refractivity contribution < 1.29 is 5.11 Å². The minimum atomic E-state index is 0.186. The monoisotopic (exact) mass is 167 g/mol. The standard InChI is InChI=1S/C10H17NO/c1-10(2,3)8-5-6-11(4)9(12)7-8/h5-8,12H,1-4H3. The van der Waals surface area contributed by atoms with Crippen LogP contribution >= 0.6 is 0 Å². The number of aliphatic hydroxyl groups excluding tert-OH is 1. The lowest BCUT2D eigenvalue weighted by molar-refractivity contribution is 0.248. The summed E-state index contributed by atoms with van der Waals surface area (Å²) in [6, 6.07) is 0. The van der Waals surface area contributed by atoms with Crippen molar-refractivity contribution in [2.75, 3.05) is 7.05 Å². The molecule has 68 valence electrons. The molecule has 12 heavy (non-hydrogen) atoms. The summed E-state index contributed by atoms with van der Waals surface area (Å²) in [5.74, 6) is 0.672. The van der Waals surface area contributed by atoms with Gasteiger partial charge in [-0.1, -0.05) is 26.8 Å². The molecule has 0 amide bonds. The van der Waals surface area contributed by atoms with Crippen LogP contribution in [0.15, 0.2) is 24.2 Å². The zero-order valence-electron chi connectivity index (χ0n) is 8.20. The third kappa shape index (κ3) is 1.81. The number of rotatable bonds is 0. The van der Waals surface area contributed by atoms with Crippen LogP contribution < -0.4 is 0 Å². The quantitative estimate of drug-likeness (QED) is 0.599. The molecule has 0 saturated carbocycles. The SMILES string of the molecule is CN1C=CC(C(C)(C)C)C=C1O. The van der Waals surface area contributed by atoms with Crippen LogP contribution in [0.5, 0.6) is 0 Å². The molecule has 1 aliphatic heterocycles. The van der Waals surface area contributed by atoms with E-state index < -0.39 is 0 Å². The summed E-state index contributed by atoms with van der Waals surface area (Å²) in [6.07, 6.45) is 5.91. The van der Waals surface area contributed by atoms with E-state index >= 15 is 0 Å². The van der Waals surface area contributed by atoms with Crippen LogP contribution in [0.25, 0.3) is 0 Å². The molecule has 1 rings (SSSR count). The van der Waals surface area contributed by atoms with Crippen LogP contribution in [0.2, 0.25) is 0 Å². The molecule has 1 unspecified atom stereocenters. The molecular weight excluding hydrogens is 150 g/mol. The fourth-order valence-corrected chi connectivity index (χ4v) is 1.17. The van der Waals surface area contributed by atoms with Gasteiger partial charge in [-0.05, 0) is 11.5 Å². The van der Waals surface area contributed by atoms with Crippen LogP contribution in [-0.4, -0.2) is 17.1 Å². The summed E-state index contributed by atoms with van der Waals surface area (Å²) < 4.78 is 0. The van der Waals surface area contributed by atoms with E-state index in [2.05, 4.69) is 26.8 Å². The van der Waals surface area contributed by atoms with Crippen molar-refractivity contribution >= 4 is 0 Å². The average molecular weight is 167 g/mol. The largest absolute Gasteiger partial charge is 0.495 e. The minimum absolute atomic E-state index is 0.186. The summed E-state index contributed by atoms with van der Waals surface area (Å²) in [6.45, 7) is 6.49. The molecule has 0 aromatic heterocycles. The van der Waals surface area contributed by atoms with Crippen molar-refractivity contribution in [2.24, 2.45) is 11.3 Å². The van der Waals surface area contributed by atoms with Crippen LogP contribution in [0.3, 0.4) is 0 Å². The molecule has 0 aromatic carbocycles. The first kappa shape index (κ1) is 9.17. The molecule has 1 aliphatic rings. The van der Waals surface area contributed by atoms with Crippen LogP contribution in [0.1, 0.15) is 20.8 Å². The second kappa shape index (κ2) is 2.85. The normalized spacial score (nSPS) is 24.2. The van der Waals surface area contributed by atoms with E-state index in [1.165, 1.54) is 0 Å². The van der Waals surface area contributed by atoms with Gasteiger partial charge in [-0.15, -0.1) is 0 Å². The van der Waals surface area contributed by atoms with E-state index in [9.17, 15) is 5.11 Å². The van der Waals surface area contributed by atoms with Gasteiger partial charge < -0.3 is 10.0 Å². The maximum absolute atomic E-state index is 9.45. The lowest BCUT2D eigenvalue weighted by Gasteiger charge is -2.30. The molecule has 0 spiro atoms. The molecule has 0 fully saturated rings. The Morgan fingerprint density at radius 2 is 2.00 bits per heavy atom. The molecular formula is C10H17NO. The first-order valence-electron chi connectivity index (χ1n) is 4.23. The summed E-state index contributed by atoms with van der Waals surface area (Å²) in [5, 5.41) is 9.45. The zero-order valence-corrected chi connectivity index (χ0v) is 8.20. The van der Waals surface area contributed by atoms with Crippen molar-refractivity contribution in [3.8, 4) is 0 Å². The number of nitrogens with zero attached hydrogens (tertiary/aromatic N) is 1. The zero-order chi connectivity index (χ0) is 9.35. The Kier molecular flexibility index (Phi) is 2.18. The summed E-state index contributed by atoms with van der Waals surface area (Å²) in [4.78, 5) is 1.71. The Hall–Kier alpha value is -0.920. The summed E-state index contributed by atoms with van der Waals surface area (Å²) >= 11 is 0. The van der Waals surface area contributed by atoms with Crippen LogP contribution in [0.4, 0.5) is 0 Å². The van der Waals surface area contributed by atoms with Crippen LogP contribution in [0, 0.1) is 11.3 Å². The molecule has 0 saturated heterocycles. The Morgan fingerprint density at radius 1 is 1.42 bits per heavy atom. The molecule has 2 nitrogen and oxygen atoms in total. The van der Waals surface area contributed by atoms with E-state index in [1.807, 2.05) is 19.3 Å². The highest BCUT2D eigenvalue weighted by Gasteiger charge is 2.23. The first-order chi connectivity index (χ1) is 5.41. The number of hydrogen-bond acceptors (Lipinski definition) is 2. The number of hydrogen-bond donors (Lipinski definition) is 1. The molecule has 0 radical (unpaired) electrons. The fraction of sp³-hybridized carbons (Fsp3) is 0.600. The Labute approximate surface area is 74.2 Å². The van der Waals surface area contributed by atoms with E-state index in [4.69, 9.17) is 0 Å². The first-order valence-corrected chi connectivity index (χ1v) is 4.23. The summed E-state index contributed by atoms with van der Waals surface area (Å²) in [7, 11) is 1.83. The Morgan fingerprint density at radius 3 is 2.42 bits per heavy atom. The van der Waals surface area contributed by atoms with Gasteiger partial charge in [-0.2, -0.15) is 0 Å². The lowest BCUT2D eigenvalue weighted by Crippen LogP contribution is -2.23. The highest BCUT2D eigenvalue weighted by atomic mass is 16.3. The molecule has 1 N–H and O–H groups in total. The Bertz CT molecular complexity index is 222. The van der Waals surface area contributed by atoms with E-state index in [1.54, 1.807) is 4.90 Å². The van der Waals surface area contributed by atoms with Gasteiger partial charge in [0.2, 0.25) is 0 Å². The maximum atomic E-state index is 9.45. The lowest BCUT2D eigenvalue weighted by atomic mass is 9.80. The minimum Gasteiger partial charge on any atom is -0.495 e. The van der Waals surface area contributed by atoms with E-state index in [0.717, 1.165) is 0 Å². The van der Waals surface area contributed by atoms with Crippen molar-refractivity contribution in [1.29, 1.82) is 0 Å². The Balaban J connectivity index is 2.80. The molecule has 0 aliphatic carbocycles. The molecule has 2 heteroatoms. The highest BCUT2D eigenvalue weighted by Crippen LogP contribution is 2.31. The topological polar surface area (TPSA) is 23.5 Å². The van der Waals surface area contributed by atoms with Gasteiger partial charge in [0.15, 0.2) is 5.88 Å². The van der Waals surface area contributed by atoms with Gasteiger partial charge in [0.05, 0.1) is 0 Å². The van der Waals surface area contributed by atoms with Crippen LogP contribution in [-0.2, 0) is 0 Å². The van der Waals surface area contributed by atoms with Gasteiger partial charge in [0, 0.05) is 19.2 Å². The maximum Gasteiger partial charge on any atom is 0.187 e. The van der Waals surface area contributed by atoms with Gasteiger partial charge >= 0.3 is 0 Å². The smallest absolute Gasteiger partial charge is 0.187 e. The fourth-order valence-electron chi connectivity index (χ4n) is 1.17. The van der Waals surface area contributed by atoms with Crippen molar-refractivity contribution in [3.05, 3.63) is 24.2 Å². The van der Waals surface area contributed by atoms with Gasteiger partial charge in [0.1, 0.15) is 0 Å². The van der Waals surface area contributed by atoms with Gasteiger partial charge in [0.25, 0.3) is 0 Å². The molecule has 1 heterocycles. The van der Waals surface area contributed by atoms with E-state index in [0.29, 0.717) is 11.8 Å². The number of aliphatic hydroxyl groups is 1. The highest BCUT2D eigenvalue weighted by molar-refractivity contribution is 5.13. The predicted octanol–water partition coefficient (Wildman–Crippen LogP) is 2.51. The predicted molar refractivity (Wildman–Crippen MR) is 50.6 cm³/mol.